The van der Waals surface area contributed by atoms with Crippen LogP contribution in [0.5, 0.6) is 5.88 Å². The monoisotopic (exact) mass is 315 g/mol. The maximum absolute atomic E-state index is 9.87. The Bertz CT molecular complexity index is 685. The number of anilines is 1. The van der Waals surface area contributed by atoms with Gasteiger partial charge in [0, 0.05) is 18.0 Å². The molecule has 2 heterocycles. The van der Waals surface area contributed by atoms with E-state index in [1.54, 1.807) is 20.0 Å². The van der Waals surface area contributed by atoms with Gasteiger partial charge in [-0.1, -0.05) is 0 Å². The Balaban J connectivity index is 2.36. The molecule has 5 heteroatoms. The smallest absolute Gasteiger partial charge is 0.214 e. The van der Waals surface area contributed by atoms with Crippen LogP contribution in [-0.2, 0) is 0 Å². The molecule has 0 amide bonds. The van der Waals surface area contributed by atoms with Crippen LogP contribution in [0.3, 0.4) is 0 Å². The lowest BCUT2D eigenvalue weighted by atomic mass is 10.1. The molecule has 0 saturated heterocycles. The van der Waals surface area contributed by atoms with Gasteiger partial charge in [-0.2, -0.15) is 0 Å². The van der Waals surface area contributed by atoms with Gasteiger partial charge in [0.15, 0.2) is 0 Å². The van der Waals surface area contributed by atoms with Crippen molar-refractivity contribution in [1.82, 2.24) is 9.97 Å². The summed E-state index contributed by atoms with van der Waals surface area (Å²) in [6.45, 7) is 11.3. The summed E-state index contributed by atoms with van der Waals surface area (Å²) in [6, 6.07) is 7.74. The molecule has 0 bridgehead atoms. The maximum atomic E-state index is 9.87. The minimum absolute atomic E-state index is 0.302. The summed E-state index contributed by atoms with van der Waals surface area (Å²) in [5, 5.41) is 12.8. The third kappa shape index (κ3) is 5.53. The molecule has 0 radical (unpaired) electrons. The van der Waals surface area contributed by atoms with E-state index < -0.39 is 5.72 Å². The van der Waals surface area contributed by atoms with Gasteiger partial charge in [-0.25, -0.2) is 9.97 Å². The first-order chi connectivity index (χ1) is 10.5. The van der Waals surface area contributed by atoms with Gasteiger partial charge in [0.25, 0.3) is 0 Å². The highest BCUT2D eigenvalue weighted by Gasteiger charge is 2.15. The van der Waals surface area contributed by atoms with Gasteiger partial charge in [0.05, 0.1) is 0 Å². The highest BCUT2D eigenvalue weighted by Crippen LogP contribution is 2.27. The van der Waals surface area contributed by atoms with Crippen LogP contribution in [-0.4, -0.2) is 26.4 Å². The predicted molar refractivity (Wildman–Crippen MR) is 92.5 cm³/mol. The summed E-state index contributed by atoms with van der Waals surface area (Å²) in [5.41, 5.74) is 1.54. The van der Waals surface area contributed by atoms with E-state index in [9.17, 15) is 5.11 Å². The first-order valence-corrected chi connectivity index (χ1v) is 7.66. The summed E-state index contributed by atoms with van der Waals surface area (Å²) in [6.07, 6.45) is 1.71. The largest absolute Gasteiger partial charge is 0.472 e. The van der Waals surface area contributed by atoms with Crippen LogP contribution < -0.4 is 10.1 Å². The van der Waals surface area contributed by atoms with Gasteiger partial charge in [-0.05, 0) is 70.9 Å². The Kier molecular flexibility index (Phi) is 4.61. The Labute approximate surface area is 137 Å². The molecule has 23 heavy (non-hydrogen) atoms. The molecular formula is C18H25N3O2. The number of rotatable bonds is 4. The fraction of sp³-hybridized carbons (Fsp3) is 0.444. The molecule has 124 valence electrons. The molecule has 5 nitrogen and oxygen atoms in total. The fourth-order valence-electron chi connectivity index (χ4n) is 2.16. The lowest BCUT2D eigenvalue weighted by Crippen LogP contribution is -2.30. The summed E-state index contributed by atoms with van der Waals surface area (Å²) in [4.78, 5) is 8.67. The number of ether oxygens (including phenoxy) is 1. The maximum Gasteiger partial charge on any atom is 0.214 e. The van der Waals surface area contributed by atoms with E-state index >= 15 is 0 Å². The molecule has 0 atom stereocenters. The van der Waals surface area contributed by atoms with Crippen molar-refractivity contribution in [2.45, 2.75) is 52.9 Å². The lowest BCUT2D eigenvalue weighted by molar-refractivity contribution is 0.111. The quantitative estimate of drug-likeness (QED) is 0.841. The van der Waals surface area contributed by atoms with E-state index in [1.165, 1.54) is 0 Å². The molecule has 0 fully saturated rings. The molecule has 0 aromatic carbocycles. The molecule has 2 rings (SSSR count). The van der Waals surface area contributed by atoms with Gasteiger partial charge in [-0.3, -0.25) is 0 Å². The van der Waals surface area contributed by atoms with E-state index in [0.29, 0.717) is 11.7 Å². The van der Waals surface area contributed by atoms with Crippen LogP contribution in [0.25, 0.3) is 11.1 Å². The first kappa shape index (κ1) is 17.2. The highest BCUT2D eigenvalue weighted by molar-refractivity contribution is 5.67. The van der Waals surface area contributed by atoms with Crippen molar-refractivity contribution < 1.29 is 9.84 Å². The molecule has 2 N–H and O–H groups in total. The van der Waals surface area contributed by atoms with Crippen LogP contribution >= 0.6 is 0 Å². The Hall–Kier alpha value is -2.14. The topological polar surface area (TPSA) is 67.3 Å². The molecule has 2 aromatic rings. The van der Waals surface area contributed by atoms with Crippen LogP contribution in [0, 0.1) is 6.92 Å². The molecule has 0 spiro atoms. The number of aliphatic hydroxyl groups is 1. The van der Waals surface area contributed by atoms with Crippen molar-refractivity contribution in [3.63, 3.8) is 0 Å². The third-order valence-electron chi connectivity index (χ3n) is 2.87. The number of aromatic nitrogens is 2. The second kappa shape index (κ2) is 6.16. The first-order valence-electron chi connectivity index (χ1n) is 7.66. The van der Waals surface area contributed by atoms with E-state index in [0.717, 1.165) is 16.8 Å². The van der Waals surface area contributed by atoms with Gasteiger partial charge in [0.2, 0.25) is 5.88 Å². The number of nitrogens with zero attached hydrogens (tertiary/aromatic N) is 2. The summed E-state index contributed by atoms with van der Waals surface area (Å²) < 4.78 is 5.87. The average Bonchev–Trinajstić information content (AvgIpc) is 2.34. The van der Waals surface area contributed by atoms with Gasteiger partial charge < -0.3 is 15.2 Å². The molecule has 0 aliphatic carbocycles. The minimum Gasteiger partial charge on any atom is -0.472 e. The molecular weight excluding hydrogens is 290 g/mol. The van der Waals surface area contributed by atoms with Crippen LogP contribution in [0.15, 0.2) is 30.5 Å². The van der Waals surface area contributed by atoms with Gasteiger partial charge in [-0.15, -0.1) is 0 Å². The lowest BCUT2D eigenvalue weighted by Gasteiger charge is -2.21. The zero-order chi connectivity index (χ0) is 17.3. The number of hydrogen-bond acceptors (Lipinski definition) is 5. The average molecular weight is 315 g/mol. The second-order valence-electron chi connectivity index (χ2n) is 7.16. The van der Waals surface area contributed by atoms with E-state index in [-0.39, 0.29) is 5.60 Å². The zero-order valence-electron chi connectivity index (χ0n) is 14.6. The summed E-state index contributed by atoms with van der Waals surface area (Å²) in [7, 11) is 0. The Morgan fingerprint density at radius 2 is 1.74 bits per heavy atom. The zero-order valence-corrected chi connectivity index (χ0v) is 14.6. The minimum atomic E-state index is -1.03. The van der Waals surface area contributed by atoms with Crippen LogP contribution in [0.2, 0.25) is 0 Å². The van der Waals surface area contributed by atoms with Crippen LogP contribution in [0.1, 0.15) is 40.3 Å². The van der Waals surface area contributed by atoms with Crippen LogP contribution in [0.4, 0.5) is 5.82 Å². The third-order valence-corrected chi connectivity index (χ3v) is 2.87. The van der Waals surface area contributed by atoms with Crippen molar-refractivity contribution >= 4 is 5.82 Å². The van der Waals surface area contributed by atoms with Crippen molar-refractivity contribution in [2.24, 2.45) is 0 Å². The number of aryl methyl sites for hydroxylation is 1. The van der Waals surface area contributed by atoms with Gasteiger partial charge in [0.1, 0.15) is 17.1 Å². The highest BCUT2D eigenvalue weighted by atomic mass is 16.5. The molecule has 0 unspecified atom stereocenters. The SMILES string of the molecule is Cc1cc(-c2ccnc(NC(C)(C)O)c2)cc(OC(C)(C)C)n1. The van der Waals surface area contributed by atoms with E-state index in [4.69, 9.17) is 4.74 Å². The molecule has 2 aromatic heterocycles. The van der Waals surface area contributed by atoms with Crippen molar-refractivity contribution in [1.29, 1.82) is 0 Å². The normalized spacial score (nSPS) is 12.1. The van der Waals surface area contributed by atoms with Crippen molar-refractivity contribution in [3.05, 3.63) is 36.2 Å². The summed E-state index contributed by atoms with van der Waals surface area (Å²) in [5.74, 6) is 1.21. The fourth-order valence-corrected chi connectivity index (χ4v) is 2.16. The Morgan fingerprint density at radius 1 is 1.04 bits per heavy atom. The standard InChI is InChI=1S/C18H25N3O2/c1-12-9-14(11-16(20-12)23-17(2,3)4)13-7-8-19-15(10-13)21-18(5,6)22/h7-11,22H,1-6H3,(H,19,21). The number of pyridine rings is 2. The van der Waals surface area contributed by atoms with Crippen molar-refractivity contribution in [3.8, 4) is 17.0 Å². The number of hydrogen-bond donors (Lipinski definition) is 2. The summed E-state index contributed by atoms with van der Waals surface area (Å²) >= 11 is 0. The number of nitrogens with one attached hydrogen (secondary N) is 1. The molecule has 0 saturated carbocycles. The molecule has 0 aliphatic rings. The molecule has 0 aliphatic heterocycles. The van der Waals surface area contributed by atoms with E-state index in [2.05, 4.69) is 15.3 Å². The Morgan fingerprint density at radius 3 is 2.35 bits per heavy atom. The second-order valence-corrected chi connectivity index (χ2v) is 7.16. The predicted octanol–water partition coefficient (Wildman–Crippen LogP) is 3.77. The van der Waals surface area contributed by atoms with Crippen molar-refractivity contribution in [2.75, 3.05) is 5.32 Å². The van der Waals surface area contributed by atoms with E-state index in [1.807, 2.05) is 52.0 Å². The van der Waals surface area contributed by atoms with Gasteiger partial charge >= 0.3 is 0 Å².